The van der Waals surface area contributed by atoms with Crippen LogP contribution in [0.15, 0.2) is 18.2 Å². The van der Waals surface area contributed by atoms with Gasteiger partial charge < -0.3 is 5.73 Å². The van der Waals surface area contributed by atoms with Crippen molar-refractivity contribution in [2.75, 3.05) is 0 Å². The van der Waals surface area contributed by atoms with E-state index in [4.69, 9.17) is 5.73 Å². The summed E-state index contributed by atoms with van der Waals surface area (Å²) >= 11 is 0. The molecule has 0 heterocycles. The molecule has 0 radical (unpaired) electrons. The fourth-order valence-electron chi connectivity index (χ4n) is 1.29. The molecule has 0 spiro atoms. The van der Waals surface area contributed by atoms with Crippen LogP contribution in [-0.2, 0) is 6.42 Å². The molecule has 1 atom stereocenters. The standard InChI is InChI=1S/C11H15F2N/c1-2-9(14)7-6-8-4-3-5-10(12)11(8)13/h3-5,9H,2,6-7,14H2,1H3. The molecule has 0 aliphatic carbocycles. The third-order valence-electron chi connectivity index (χ3n) is 2.34. The van der Waals surface area contributed by atoms with E-state index in [2.05, 4.69) is 0 Å². The van der Waals surface area contributed by atoms with Crippen LogP contribution in [0.3, 0.4) is 0 Å². The molecule has 0 saturated carbocycles. The largest absolute Gasteiger partial charge is 0.328 e. The Morgan fingerprint density at radius 1 is 1.36 bits per heavy atom. The van der Waals surface area contributed by atoms with Crippen LogP contribution in [-0.4, -0.2) is 6.04 Å². The molecule has 1 nitrogen and oxygen atoms in total. The van der Waals surface area contributed by atoms with Crippen LogP contribution in [0.5, 0.6) is 0 Å². The maximum Gasteiger partial charge on any atom is 0.162 e. The van der Waals surface area contributed by atoms with E-state index in [1.165, 1.54) is 6.07 Å². The zero-order valence-electron chi connectivity index (χ0n) is 8.26. The van der Waals surface area contributed by atoms with Crippen molar-refractivity contribution in [3.63, 3.8) is 0 Å². The molecule has 1 aromatic carbocycles. The van der Waals surface area contributed by atoms with E-state index in [0.29, 0.717) is 18.4 Å². The Bertz CT molecular complexity index is 299. The Morgan fingerprint density at radius 2 is 2.07 bits per heavy atom. The smallest absolute Gasteiger partial charge is 0.162 e. The molecule has 78 valence electrons. The Kier molecular flexibility index (Phi) is 4.01. The molecule has 1 aromatic rings. The molecule has 0 saturated heterocycles. The molecular weight excluding hydrogens is 184 g/mol. The molecule has 2 N–H and O–H groups in total. The van der Waals surface area contributed by atoms with Gasteiger partial charge >= 0.3 is 0 Å². The maximum absolute atomic E-state index is 13.1. The summed E-state index contributed by atoms with van der Waals surface area (Å²) in [5, 5.41) is 0. The van der Waals surface area contributed by atoms with E-state index in [0.717, 1.165) is 12.5 Å². The van der Waals surface area contributed by atoms with Crippen molar-refractivity contribution in [3.8, 4) is 0 Å². The van der Waals surface area contributed by atoms with Gasteiger partial charge in [0.2, 0.25) is 0 Å². The number of halogens is 2. The zero-order valence-corrected chi connectivity index (χ0v) is 8.26. The summed E-state index contributed by atoms with van der Waals surface area (Å²) < 4.78 is 25.9. The molecule has 0 amide bonds. The Labute approximate surface area is 82.9 Å². The average Bonchev–Trinajstić information content (AvgIpc) is 2.20. The van der Waals surface area contributed by atoms with Gasteiger partial charge in [-0.1, -0.05) is 19.1 Å². The molecule has 3 heteroatoms. The van der Waals surface area contributed by atoms with Gasteiger partial charge in [0.1, 0.15) is 0 Å². The molecular formula is C11H15F2N. The maximum atomic E-state index is 13.1. The zero-order chi connectivity index (χ0) is 10.6. The summed E-state index contributed by atoms with van der Waals surface area (Å²) in [5.74, 6) is -1.52. The second-order valence-electron chi connectivity index (χ2n) is 3.42. The van der Waals surface area contributed by atoms with Crippen molar-refractivity contribution < 1.29 is 8.78 Å². The second kappa shape index (κ2) is 5.05. The quantitative estimate of drug-likeness (QED) is 0.792. The highest BCUT2D eigenvalue weighted by molar-refractivity contribution is 5.19. The monoisotopic (exact) mass is 199 g/mol. The highest BCUT2D eigenvalue weighted by Gasteiger charge is 2.08. The molecule has 1 rings (SSSR count). The van der Waals surface area contributed by atoms with Crippen LogP contribution in [0.25, 0.3) is 0 Å². The van der Waals surface area contributed by atoms with Crippen LogP contribution in [0.2, 0.25) is 0 Å². The summed E-state index contributed by atoms with van der Waals surface area (Å²) in [6, 6.07) is 4.31. The first kappa shape index (κ1) is 11.1. The third-order valence-corrected chi connectivity index (χ3v) is 2.34. The molecule has 0 fully saturated rings. The van der Waals surface area contributed by atoms with E-state index in [9.17, 15) is 8.78 Å². The van der Waals surface area contributed by atoms with Crippen molar-refractivity contribution in [1.29, 1.82) is 0 Å². The van der Waals surface area contributed by atoms with Crippen molar-refractivity contribution in [2.24, 2.45) is 5.73 Å². The number of hydrogen-bond donors (Lipinski definition) is 1. The number of benzene rings is 1. The summed E-state index contributed by atoms with van der Waals surface area (Å²) in [5.41, 5.74) is 6.10. The normalized spacial score (nSPS) is 12.9. The van der Waals surface area contributed by atoms with Gasteiger partial charge in [-0.3, -0.25) is 0 Å². The van der Waals surface area contributed by atoms with Gasteiger partial charge in [-0.25, -0.2) is 8.78 Å². The van der Waals surface area contributed by atoms with Gasteiger partial charge in [0.05, 0.1) is 0 Å². The number of hydrogen-bond acceptors (Lipinski definition) is 1. The predicted octanol–water partition coefficient (Wildman–Crippen LogP) is 2.63. The predicted molar refractivity (Wildman–Crippen MR) is 52.9 cm³/mol. The number of rotatable bonds is 4. The number of nitrogens with two attached hydrogens (primary N) is 1. The van der Waals surface area contributed by atoms with Crippen LogP contribution >= 0.6 is 0 Å². The van der Waals surface area contributed by atoms with Crippen molar-refractivity contribution in [1.82, 2.24) is 0 Å². The molecule has 0 bridgehead atoms. The van der Waals surface area contributed by atoms with Crippen LogP contribution in [0.1, 0.15) is 25.3 Å². The van der Waals surface area contributed by atoms with Gasteiger partial charge in [-0.15, -0.1) is 0 Å². The van der Waals surface area contributed by atoms with Gasteiger partial charge in [0.25, 0.3) is 0 Å². The third kappa shape index (κ3) is 2.77. The average molecular weight is 199 g/mol. The summed E-state index contributed by atoms with van der Waals surface area (Å²) in [7, 11) is 0. The van der Waals surface area contributed by atoms with Crippen molar-refractivity contribution >= 4 is 0 Å². The lowest BCUT2D eigenvalue weighted by Crippen LogP contribution is -2.19. The SMILES string of the molecule is CCC(N)CCc1cccc(F)c1F. The minimum atomic E-state index is -0.785. The minimum Gasteiger partial charge on any atom is -0.328 e. The Morgan fingerprint density at radius 3 is 2.71 bits per heavy atom. The van der Waals surface area contributed by atoms with E-state index in [1.54, 1.807) is 6.07 Å². The van der Waals surface area contributed by atoms with Crippen LogP contribution in [0, 0.1) is 11.6 Å². The van der Waals surface area contributed by atoms with Crippen molar-refractivity contribution in [3.05, 3.63) is 35.4 Å². The highest BCUT2D eigenvalue weighted by atomic mass is 19.2. The van der Waals surface area contributed by atoms with Gasteiger partial charge in [-0.05, 0) is 30.9 Å². The van der Waals surface area contributed by atoms with E-state index in [-0.39, 0.29) is 6.04 Å². The fourth-order valence-corrected chi connectivity index (χ4v) is 1.29. The first-order valence-corrected chi connectivity index (χ1v) is 4.83. The van der Waals surface area contributed by atoms with Crippen molar-refractivity contribution in [2.45, 2.75) is 32.2 Å². The molecule has 0 aromatic heterocycles. The lowest BCUT2D eigenvalue weighted by molar-refractivity contribution is 0.492. The highest BCUT2D eigenvalue weighted by Crippen LogP contribution is 2.14. The fraction of sp³-hybridized carbons (Fsp3) is 0.455. The molecule has 1 unspecified atom stereocenters. The summed E-state index contributed by atoms with van der Waals surface area (Å²) in [6.07, 6.45) is 2.05. The topological polar surface area (TPSA) is 26.0 Å². The summed E-state index contributed by atoms with van der Waals surface area (Å²) in [6.45, 7) is 1.98. The van der Waals surface area contributed by atoms with Crippen LogP contribution < -0.4 is 5.73 Å². The molecule has 14 heavy (non-hydrogen) atoms. The second-order valence-corrected chi connectivity index (χ2v) is 3.42. The summed E-state index contributed by atoms with van der Waals surface area (Å²) in [4.78, 5) is 0. The number of aryl methyl sites for hydroxylation is 1. The van der Waals surface area contributed by atoms with Gasteiger partial charge in [0, 0.05) is 6.04 Å². The Hall–Kier alpha value is -0.960. The molecule has 0 aliphatic heterocycles. The van der Waals surface area contributed by atoms with Gasteiger partial charge in [-0.2, -0.15) is 0 Å². The first-order chi connectivity index (χ1) is 6.65. The Balaban J connectivity index is 2.63. The van der Waals surface area contributed by atoms with E-state index in [1.807, 2.05) is 6.92 Å². The van der Waals surface area contributed by atoms with Crippen LogP contribution in [0.4, 0.5) is 8.78 Å². The first-order valence-electron chi connectivity index (χ1n) is 4.83. The van der Waals surface area contributed by atoms with E-state index < -0.39 is 11.6 Å². The van der Waals surface area contributed by atoms with E-state index >= 15 is 0 Å². The van der Waals surface area contributed by atoms with Gasteiger partial charge in [0.15, 0.2) is 11.6 Å². The minimum absolute atomic E-state index is 0.0673. The lowest BCUT2D eigenvalue weighted by atomic mass is 10.0. The molecule has 0 aliphatic rings. The lowest BCUT2D eigenvalue weighted by Gasteiger charge is -2.08.